The largest absolute Gasteiger partial charge is 0.320 e. The molecule has 0 saturated carbocycles. The van der Waals surface area contributed by atoms with Crippen molar-refractivity contribution < 1.29 is 14.0 Å². The summed E-state index contributed by atoms with van der Waals surface area (Å²) >= 11 is 3.16. The van der Waals surface area contributed by atoms with Crippen LogP contribution in [0.4, 0.5) is 15.8 Å². The molecule has 1 heterocycles. The van der Waals surface area contributed by atoms with E-state index < -0.39 is 11.7 Å². The van der Waals surface area contributed by atoms with Crippen molar-refractivity contribution in [3.05, 3.63) is 58.3 Å². The molecule has 4 nitrogen and oxygen atoms in total. The molecule has 1 aliphatic rings. The summed E-state index contributed by atoms with van der Waals surface area (Å²) in [6.07, 6.45) is 1.30. The molecule has 0 unspecified atom stereocenters. The lowest BCUT2D eigenvalue weighted by Gasteiger charge is -2.20. The zero-order valence-corrected chi connectivity index (χ0v) is 13.8. The second-order valence-corrected chi connectivity index (χ2v) is 6.16. The van der Waals surface area contributed by atoms with Crippen LogP contribution in [0.15, 0.2) is 46.9 Å². The van der Waals surface area contributed by atoms with Crippen molar-refractivity contribution >= 4 is 39.1 Å². The van der Waals surface area contributed by atoms with Crippen LogP contribution in [0.5, 0.6) is 0 Å². The smallest absolute Gasteiger partial charge is 0.258 e. The van der Waals surface area contributed by atoms with E-state index in [0.717, 1.165) is 6.42 Å². The lowest BCUT2D eigenvalue weighted by atomic mass is 10.2. The normalized spacial score (nSPS) is 14.2. The Bertz CT molecular complexity index is 779. The summed E-state index contributed by atoms with van der Waals surface area (Å²) in [6.45, 7) is 0.623. The van der Waals surface area contributed by atoms with Gasteiger partial charge in [0, 0.05) is 17.4 Å². The maximum absolute atomic E-state index is 13.9. The SMILES string of the molecule is O=C(Nc1ccccc1N1CCCC1=O)c1ccc(Br)cc1F. The number of amides is 2. The van der Waals surface area contributed by atoms with E-state index in [1.165, 1.54) is 12.1 Å². The number of carbonyl (C=O) groups excluding carboxylic acids is 2. The first-order valence-corrected chi connectivity index (χ1v) is 8.01. The van der Waals surface area contributed by atoms with Gasteiger partial charge in [-0.05, 0) is 36.8 Å². The number of hydrogen-bond donors (Lipinski definition) is 1. The molecule has 2 aromatic carbocycles. The molecule has 1 saturated heterocycles. The molecule has 0 spiro atoms. The van der Waals surface area contributed by atoms with Gasteiger partial charge in [0.1, 0.15) is 5.82 Å². The third-order valence-electron chi connectivity index (χ3n) is 3.69. The van der Waals surface area contributed by atoms with Crippen LogP contribution < -0.4 is 10.2 Å². The van der Waals surface area contributed by atoms with Crippen molar-refractivity contribution in [2.24, 2.45) is 0 Å². The quantitative estimate of drug-likeness (QED) is 0.880. The molecular formula is C17H14BrFN2O2. The maximum atomic E-state index is 13.9. The van der Waals surface area contributed by atoms with Crippen molar-refractivity contribution in [3.63, 3.8) is 0 Å². The van der Waals surface area contributed by atoms with Crippen molar-refractivity contribution in [1.82, 2.24) is 0 Å². The molecule has 2 amide bonds. The molecule has 1 N–H and O–H groups in total. The van der Waals surface area contributed by atoms with Gasteiger partial charge in [-0.25, -0.2) is 4.39 Å². The summed E-state index contributed by atoms with van der Waals surface area (Å²) in [5.41, 5.74) is 1.09. The van der Waals surface area contributed by atoms with Gasteiger partial charge >= 0.3 is 0 Å². The van der Waals surface area contributed by atoms with Gasteiger partial charge in [-0.1, -0.05) is 28.1 Å². The number of carbonyl (C=O) groups is 2. The van der Waals surface area contributed by atoms with Crippen molar-refractivity contribution in [2.75, 3.05) is 16.8 Å². The number of para-hydroxylation sites is 2. The monoisotopic (exact) mass is 376 g/mol. The van der Waals surface area contributed by atoms with Gasteiger partial charge in [0.15, 0.2) is 0 Å². The third kappa shape index (κ3) is 3.27. The van der Waals surface area contributed by atoms with Gasteiger partial charge in [-0.15, -0.1) is 0 Å². The van der Waals surface area contributed by atoms with Crippen LogP contribution in [0.25, 0.3) is 0 Å². The average Bonchev–Trinajstić information content (AvgIpc) is 2.93. The highest BCUT2D eigenvalue weighted by Crippen LogP contribution is 2.30. The van der Waals surface area contributed by atoms with Crippen molar-refractivity contribution in [3.8, 4) is 0 Å². The topological polar surface area (TPSA) is 49.4 Å². The van der Waals surface area contributed by atoms with Gasteiger partial charge in [0.2, 0.25) is 5.91 Å². The average molecular weight is 377 g/mol. The van der Waals surface area contributed by atoms with Gasteiger partial charge in [-0.2, -0.15) is 0 Å². The Hall–Kier alpha value is -2.21. The molecule has 3 rings (SSSR count). The number of rotatable bonds is 3. The third-order valence-corrected chi connectivity index (χ3v) is 4.19. The first-order chi connectivity index (χ1) is 11.1. The van der Waals surface area contributed by atoms with Gasteiger partial charge < -0.3 is 10.2 Å². The van der Waals surface area contributed by atoms with Crippen LogP contribution in [-0.4, -0.2) is 18.4 Å². The fourth-order valence-corrected chi connectivity index (χ4v) is 2.91. The molecular weight excluding hydrogens is 363 g/mol. The van der Waals surface area contributed by atoms with Crippen LogP contribution in [0.3, 0.4) is 0 Å². The number of nitrogens with zero attached hydrogens (tertiary/aromatic N) is 1. The second-order valence-electron chi connectivity index (χ2n) is 5.24. The maximum Gasteiger partial charge on any atom is 0.258 e. The van der Waals surface area contributed by atoms with E-state index in [2.05, 4.69) is 21.2 Å². The van der Waals surface area contributed by atoms with E-state index in [-0.39, 0.29) is 11.5 Å². The van der Waals surface area contributed by atoms with E-state index in [9.17, 15) is 14.0 Å². The summed E-state index contributed by atoms with van der Waals surface area (Å²) in [4.78, 5) is 25.9. The summed E-state index contributed by atoms with van der Waals surface area (Å²) in [6, 6.07) is 11.3. The molecule has 118 valence electrons. The Morgan fingerprint density at radius 2 is 2.00 bits per heavy atom. The Morgan fingerprint density at radius 1 is 1.22 bits per heavy atom. The number of benzene rings is 2. The standard InChI is InChI=1S/C17H14BrFN2O2/c18-11-7-8-12(13(19)10-11)17(23)20-14-4-1-2-5-15(14)21-9-3-6-16(21)22/h1-2,4-5,7-8,10H,3,6,9H2,(H,20,23). The minimum absolute atomic E-state index is 0.0292. The molecule has 0 aliphatic carbocycles. The lowest BCUT2D eigenvalue weighted by Crippen LogP contribution is -2.25. The van der Waals surface area contributed by atoms with E-state index in [4.69, 9.17) is 0 Å². The summed E-state index contributed by atoms with van der Waals surface area (Å²) in [5, 5.41) is 2.70. The lowest BCUT2D eigenvalue weighted by molar-refractivity contribution is -0.117. The molecule has 0 atom stereocenters. The first kappa shape index (κ1) is 15.7. The molecule has 0 radical (unpaired) electrons. The van der Waals surface area contributed by atoms with Crippen molar-refractivity contribution in [2.45, 2.75) is 12.8 Å². The molecule has 1 fully saturated rings. The highest BCUT2D eigenvalue weighted by molar-refractivity contribution is 9.10. The van der Waals surface area contributed by atoms with Crippen LogP contribution in [0.1, 0.15) is 23.2 Å². The fraction of sp³-hybridized carbons (Fsp3) is 0.176. The van der Waals surface area contributed by atoms with E-state index in [0.29, 0.717) is 28.8 Å². The first-order valence-electron chi connectivity index (χ1n) is 7.22. The Morgan fingerprint density at radius 3 is 2.70 bits per heavy atom. The molecule has 23 heavy (non-hydrogen) atoms. The molecule has 2 aromatic rings. The highest BCUT2D eigenvalue weighted by Gasteiger charge is 2.24. The van der Waals surface area contributed by atoms with Crippen LogP contribution in [0, 0.1) is 5.82 Å². The second kappa shape index (κ2) is 6.50. The highest BCUT2D eigenvalue weighted by atomic mass is 79.9. The Kier molecular flexibility index (Phi) is 4.43. The van der Waals surface area contributed by atoms with E-state index in [1.54, 1.807) is 35.2 Å². The number of hydrogen-bond acceptors (Lipinski definition) is 2. The Balaban J connectivity index is 1.88. The number of nitrogens with one attached hydrogen (secondary N) is 1. The summed E-state index contributed by atoms with van der Waals surface area (Å²) in [7, 11) is 0. The minimum atomic E-state index is -0.605. The summed E-state index contributed by atoms with van der Waals surface area (Å²) < 4.78 is 14.5. The predicted molar refractivity (Wildman–Crippen MR) is 90.1 cm³/mol. The van der Waals surface area contributed by atoms with Gasteiger partial charge in [-0.3, -0.25) is 9.59 Å². The van der Waals surface area contributed by atoms with Crippen LogP contribution in [0.2, 0.25) is 0 Å². The van der Waals surface area contributed by atoms with Gasteiger partial charge in [0.05, 0.1) is 16.9 Å². The molecule has 0 aromatic heterocycles. The molecule has 0 bridgehead atoms. The number of anilines is 2. The zero-order chi connectivity index (χ0) is 16.4. The minimum Gasteiger partial charge on any atom is -0.320 e. The van der Waals surface area contributed by atoms with Crippen LogP contribution in [-0.2, 0) is 4.79 Å². The van der Waals surface area contributed by atoms with Gasteiger partial charge in [0.25, 0.3) is 5.91 Å². The summed E-state index contributed by atoms with van der Waals surface area (Å²) in [5.74, 6) is -1.12. The Labute approximate surface area is 141 Å². The predicted octanol–water partition coefficient (Wildman–Crippen LogP) is 3.97. The zero-order valence-electron chi connectivity index (χ0n) is 12.2. The van der Waals surface area contributed by atoms with Crippen molar-refractivity contribution in [1.29, 1.82) is 0 Å². The van der Waals surface area contributed by atoms with E-state index >= 15 is 0 Å². The molecule has 6 heteroatoms. The van der Waals surface area contributed by atoms with Crippen LogP contribution >= 0.6 is 15.9 Å². The van der Waals surface area contributed by atoms with E-state index in [1.807, 2.05) is 0 Å². The fourth-order valence-electron chi connectivity index (χ4n) is 2.58. The number of halogens is 2. The molecule has 1 aliphatic heterocycles.